The number of thioether (sulfide) groups is 1. The van der Waals surface area contributed by atoms with E-state index < -0.39 is 0 Å². The molecule has 0 bridgehead atoms. The summed E-state index contributed by atoms with van der Waals surface area (Å²) < 4.78 is 0.652. The highest BCUT2D eigenvalue weighted by Gasteiger charge is 2.13. The topological polar surface area (TPSA) is 24.9 Å². The Kier molecular flexibility index (Phi) is 4.10. The molecule has 2 heterocycles. The van der Waals surface area contributed by atoms with Crippen LogP contribution >= 0.6 is 34.7 Å². The lowest BCUT2D eigenvalue weighted by molar-refractivity contribution is 0.674. The van der Waals surface area contributed by atoms with Gasteiger partial charge >= 0.3 is 0 Å². The Morgan fingerprint density at radius 3 is 3.29 bits per heavy atom. The largest absolute Gasteiger partial charge is 0.313 e. The van der Waals surface area contributed by atoms with Crippen LogP contribution in [0.3, 0.4) is 0 Å². The summed E-state index contributed by atoms with van der Waals surface area (Å²) in [6.07, 6.45) is 4.54. The smallest absolute Gasteiger partial charge is 0.183 e. The first-order valence-electron chi connectivity index (χ1n) is 4.76. The number of halogens is 1. The minimum atomic E-state index is 0.652. The molecule has 1 aromatic heterocycles. The molecule has 1 unspecified atom stereocenters. The summed E-state index contributed by atoms with van der Waals surface area (Å²) >= 11 is 9.30. The summed E-state index contributed by atoms with van der Waals surface area (Å²) in [6, 6.07) is 0.725. The van der Waals surface area contributed by atoms with Gasteiger partial charge in [0.1, 0.15) is 0 Å². The summed E-state index contributed by atoms with van der Waals surface area (Å²) in [5.74, 6) is 2.25. The van der Waals surface area contributed by atoms with Crippen LogP contribution in [0.1, 0.15) is 17.7 Å². The molecule has 0 aliphatic carbocycles. The molecule has 78 valence electrons. The normalized spacial score (nSPS) is 21.6. The average molecular weight is 249 g/mol. The number of hydrogen-bond donors (Lipinski definition) is 1. The van der Waals surface area contributed by atoms with E-state index in [-0.39, 0.29) is 0 Å². The lowest BCUT2D eigenvalue weighted by atomic mass is 10.3. The van der Waals surface area contributed by atoms with E-state index >= 15 is 0 Å². The van der Waals surface area contributed by atoms with Crippen molar-refractivity contribution in [3.8, 4) is 0 Å². The molecule has 1 fully saturated rings. The van der Waals surface area contributed by atoms with E-state index in [0.29, 0.717) is 4.47 Å². The van der Waals surface area contributed by atoms with Gasteiger partial charge in [0.25, 0.3) is 0 Å². The van der Waals surface area contributed by atoms with Gasteiger partial charge in [-0.05, 0) is 19.4 Å². The summed E-state index contributed by atoms with van der Waals surface area (Å²) in [5, 5.41) is 3.49. The fourth-order valence-electron chi connectivity index (χ4n) is 1.55. The predicted octanol–water partition coefficient (Wildman–Crippen LogP) is 2.78. The summed E-state index contributed by atoms with van der Waals surface area (Å²) in [4.78, 5) is 5.30. The molecule has 0 saturated carbocycles. The van der Waals surface area contributed by atoms with Gasteiger partial charge in [-0.25, -0.2) is 4.98 Å². The van der Waals surface area contributed by atoms with Gasteiger partial charge in [0.2, 0.25) is 0 Å². The van der Waals surface area contributed by atoms with Crippen LogP contribution in [0.5, 0.6) is 0 Å². The second-order valence-corrected chi connectivity index (χ2v) is 6.12. The third-order valence-electron chi connectivity index (χ3n) is 2.25. The Balaban J connectivity index is 1.67. The highest BCUT2D eigenvalue weighted by atomic mass is 35.5. The number of aromatic nitrogens is 1. The van der Waals surface area contributed by atoms with Gasteiger partial charge in [-0.2, -0.15) is 11.8 Å². The van der Waals surface area contributed by atoms with E-state index in [1.807, 2.05) is 18.0 Å². The van der Waals surface area contributed by atoms with Gasteiger partial charge in [-0.15, -0.1) is 11.3 Å². The second-order valence-electron chi connectivity index (χ2n) is 3.39. The molecular formula is C9H13ClN2S2. The monoisotopic (exact) mass is 248 g/mol. The molecule has 5 heteroatoms. The van der Waals surface area contributed by atoms with Crippen molar-refractivity contribution in [2.24, 2.45) is 0 Å². The first-order chi connectivity index (χ1) is 6.84. The van der Waals surface area contributed by atoms with Gasteiger partial charge < -0.3 is 5.32 Å². The average Bonchev–Trinajstić information content (AvgIpc) is 2.77. The zero-order valence-electron chi connectivity index (χ0n) is 7.83. The summed E-state index contributed by atoms with van der Waals surface area (Å²) in [7, 11) is 0. The van der Waals surface area contributed by atoms with Crippen LogP contribution < -0.4 is 5.32 Å². The maximum atomic E-state index is 5.75. The Hall–Kier alpha value is 0.230. The molecule has 1 aliphatic rings. The van der Waals surface area contributed by atoms with E-state index in [2.05, 4.69) is 10.3 Å². The molecule has 0 radical (unpaired) electrons. The van der Waals surface area contributed by atoms with E-state index in [0.717, 1.165) is 11.8 Å². The molecule has 1 aliphatic heterocycles. The van der Waals surface area contributed by atoms with Gasteiger partial charge in [-0.1, -0.05) is 11.6 Å². The molecule has 1 saturated heterocycles. The zero-order valence-corrected chi connectivity index (χ0v) is 10.2. The lowest BCUT2D eigenvalue weighted by Crippen LogP contribution is -2.23. The molecular weight excluding hydrogens is 236 g/mol. The lowest BCUT2D eigenvalue weighted by Gasteiger charge is -2.07. The van der Waals surface area contributed by atoms with Crippen molar-refractivity contribution < 1.29 is 0 Å². The highest BCUT2D eigenvalue weighted by Crippen LogP contribution is 2.23. The Bertz CT molecular complexity index is 284. The number of nitrogens with one attached hydrogen (secondary N) is 1. The number of thiazole rings is 1. The van der Waals surface area contributed by atoms with Gasteiger partial charge in [0.05, 0.1) is 0 Å². The van der Waals surface area contributed by atoms with Crippen molar-refractivity contribution in [1.29, 1.82) is 0 Å². The Morgan fingerprint density at radius 1 is 1.71 bits per heavy atom. The maximum absolute atomic E-state index is 5.75. The minimum Gasteiger partial charge on any atom is -0.313 e. The van der Waals surface area contributed by atoms with Gasteiger partial charge in [0.15, 0.2) is 4.47 Å². The zero-order chi connectivity index (χ0) is 9.80. The molecule has 1 atom stereocenters. The SMILES string of the molecule is Clc1ncc(CSCC2CCCN2)s1. The fourth-order valence-corrected chi connectivity index (χ4v) is 3.77. The number of rotatable bonds is 4. The molecule has 0 spiro atoms. The van der Waals surface area contributed by atoms with Crippen LogP contribution in [0.15, 0.2) is 6.20 Å². The first kappa shape index (κ1) is 10.7. The van der Waals surface area contributed by atoms with Crippen LogP contribution in [0.4, 0.5) is 0 Å². The van der Waals surface area contributed by atoms with Crippen molar-refractivity contribution in [3.63, 3.8) is 0 Å². The van der Waals surface area contributed by atoms with Crippen LogP contribution in [-0.2, 0) is 5.75 Å². The van der Waals surface area contributed by atoms with Crippen molar-refractivity contribution in [2.75, 3.05) is 12.3 Å². The Morgan fingerprint density at radius 2 is 2.64 bits per heavy atom. The first-order valence-corrected chi connectivity index (χ1v) is 7.11. The number of nitrogens with zero attached hydrogens (tertiary/aromatic N) is 1. The molecule has 1 N–H and O–H groups in total. The van der Waals surface area contributed by atoms with Crippen LogP contribution in [0.2, 0.25) is 4.47 Å². The highest BCUT2D eigenvalue weighted by molar-refractivity contribution is 7.98. The van der Waals surface area contributed by atoms with Crippen molar-refractivity contribution in [2.45, 2.75) is 24.6 Å². The van der Waals surface area contributed by atoms with E-state index in [1.54, 1.807) is 11.3 Å². The van der Waals surface area contributed by atoms with Crippen LogP contribution in [0.25, 0.3) is 0 Å². The summed E-state index contributed by atoms with van der Waals surface area (Å²) in [5.41, 5.74) is 0. The molecule has 0 amide bonds. The maximum Gasteiger partial charge on any atom is 0.183 e. The summed E-state index contributed by atoms with van der Waals surface area (Å²) in [6.45, 7) is 1.19. The van der Waals surface area contributed by atoms with E-state index in [1.165, 1.54) is 30.0 Å². The van der Waals surface area contributed by atoms with Gasteiger partial charge in [0, 0.05) is 28.6 Å². The van der Waals surface area contributed by atoms with E-state index in [4.69, 9.17) is 11.6 Å². The molecule has 2 nitrogen and oxygen atoms in total. The van der Waals surface area contributed by atoms with Crippen molar-refractivity contribution >= 4 is 34.7 Å². The molecule has 1 aromatic rings. The van der Waals surface area contributed by atoms with Crippen LogP contribution in [-0.4, -0.2) is 23.3 Å². The third kappa shape index (κ3) is 3.12. The Labute approximate surface area is 97.5 Å². The second kappa shape index (κ2) is 5.35. The minimum absolute atomic E-state index is 0.652. The predicted molar refractivity (Wildman–Crippen MR) is 64.3 cm³/mol. The number of hydrogen-bond acceptors (Lipinski definition) is 4. The molecule has 14 heavy (non-hydrogen) atoms. The van der Waals surface area contributed by atoms with Crippen molar-refractivity contribution in [1.82, 2.24) is 10.3 Å². The van der Waals surface area contributed by atoms with Crippen molar-refractivity contribution in [3.05, 3.63) is 15.5 Å². The third-order valence-corrected chi connectivity index (χ3v) is 4.70. The quantitative estimate of drug-likeness (QED) is 0.887. The van der Waals surface area contributed by atoms with Gasteiger partial charge in [-0.3, -0.25) is 0 Å². The molecule has 2 rings (SSSR count). The fraction of sp³-hybridized carbons (Fsp3) is 0.667. The van der Waals surface area contributed by atoms with Crippen LogP contribution in [0, 0.1) is 0 Å². The van der Waals surface area contributed by atoms with E-state index in [9.17, 15) is 0 Å². The molecule has 0 aromatic carbocycles. The standard InChI is InChI=1S/C9H13ClN2S2/c10-9-12-4-8(14-9)6-13-5-7-2-1-3-11-7/h4,7,11H,1-3,5-6H2.